The Labute approximate surface area is 103 Å². The van der Waals surface area contributed by atoms with Gasteiger partial charge < -0.3 is 5.32 Å². The number of hydrogen-bond acceptors (Lipinski definition) is 2. The molecule has 96 valence electrons. The highest BCUT2D eigenvalue weighted by Crippen LogP contribution is 2.29. The van der Waals surface area contributed by atoms with Crippen molar-refractivity contribution in [3.05, 3.63) is 28.5 Å². The lowest BCUT2D eigenvalue weighted by atomic mass is 10.1. The van der Waals surface area contributed by atoms with Crippen molar-refractivity contribution in [1.29, 1.82) is 0 Å². The van der Waals surface area contributed by atoms with Crippen LogP contribution in [-0.2, 0) is 12.7 Å². The Morgan fingerprint density at radius 1 is 1.24 bits per heavy atom. The van der Waals surface area contributed by atoms with Gasteiger partial charge in [-0.3, -0.25) is 0 Å². The number of rotatable bonds is 2. The number of aromatic nitrogens is 1. The van der Waals surface area contributed by atoms with Gasteiger partial charge in [0.15, 0.2) is 0 Å². The van der Waals surface area contributed by atoms with Crippen LogP contribution in [0.1, 0.15) is 32.0 Å². The third kappa shape index (κ3) is 4.91. The summed E-state index contributed by atoms with van der Waals surface area (Å²) in [7, 11) is 0. The molecule has 0 radical (unpaired) electrons. The number of hydrogen-bond donors (Lipinski definition) is 1. The van der Waals surface area contributed by atoms with Crippen LogP contribution < -0.4 is 5.32 Å². The van der Waals surface area contributed by atoms with Crippen LogP contribution >= 0.6 is 11.6 Å². The average molecular weight is 267 g/mol. The first kappa shape index (κ1) is 14.3. The fourth-order valence-electron chi connectivity index (χ4n) is 1.16. The van der Waals surface area contributed by atoms with Gasteiger partial charge in [0.25, 0.3) is 0 Å². The van der Waals surface area contributed by atoms with Crippen molar-refractivity contribution in [2.24, 2.45) is 0 Å². The van der Waals surface area contributed by atoms with Crippen LogP contribution in [0, 0.1) is 0 Å². The molecule has 2 nitrogen and oxygen atoms in total. The molecule has 0 saturated carbocycles. The van der Waals surface area contributed by atoms with Gasteiger partial charge in [0.05, 0.1) is 0 Å². The summed E-state index contributed by atoms with van der Waals surface area (Å²) < 4.78 is 37.4. The standard InChI is InChI=1S/C11H14ClF3N2/c1-10(2,3)16-6-7-4-8(11(13,14)15)17-9(12)5-7/h4-5,16H,6H2,1-3H3. The normalized spacial score (nSPS) is 12.9. The Hall–Kier alpha value is -0.810. The molecule has 0 aromatic carbocycles. The Morgan fingerprint density at radius 2 is 1.82 bits per heavy atom. The lowest BCUT2D eigenvalue weighted by Gasteiger charge is -2.20. The van der Waals surface area contributed by atoms with E-state index in [1.54, 1.807) is 0 Å². The van der Waals surface area contributed by atoms with Gasteiger partial charge in [0.2, 0.25) is 0 Å². The topological polar surface area (TPSA) is 24.9 Å². The minimum Gasteiger partial charge on any atom is -0.308 e. The Bertz CT molecular complexity index is 397. The van der Waals surface area contributed by atoms with Gasteiger partial charge in [-0.05, 0) is 38.5 Å². The molecule has 0 aliphatic rings. The van der Waals surface area contributed by atoms with E-state index in [1.165, 1.54) is 6.07 Å². The molecule has 0 spiro atoms. The van der Waals surface area contributed by atoms with Crippen LogP contribution in [0.25, 0.3) is 0 Å². The van der Waals surface area contributed by atoms with Crippen molar-refractivity contribution in [2.75, 3.05) is 0 Å². The maximum atomic E-state index is 12.5. The quantitative estimate of drug-likeness (QED) is 0.827. The molecule has 1 heterocycles. The Kier molecular flexibility index (Phi) is 4.04. The SMILES string of the molecule is CC(C)(C)NCc1cc(Cl)nc(C(F)(F)F)c1. The van der Waals surface area contributed by atoms with Crippen LogP contribution in [0.3, 0.4) is 0 Å². The van der Waals surface area contributed by atoms with Crippen molar-refractivity contribution in [1.82, 2.24) is 10.3 Å². The maximum Gasteiger partial charge on any atom is 0.433 e. The first-order valence-corrected chi connectivity index (χ1v) is 5.44. The minimum atomic E-state index is -4.47. The highest BCUT2D eigenvalue weighted by Gasteiger charge is 2.33. The number of pyridine rings is 1. The van der Waals surface area contributed by atoms with E-state index in [2.05, 4.69) is 10.3 Å². The molecule has 0 bridgehead atoms. The highest BCUT2D eigenvalue weighted by atomic mass is 35.5. The predicted octanol–water partition coefficient (Wildman–Crippen LogP) is 3.64. The van der Waals surface area contributed by atoms with Crippen molar-refractivity contribution >= 4 is 11.6 Å². The second-order valence-electron chi connectivity index (χ2n) is 4.78. The van der Waals surface area contributed by atoms with E-state index in [-0.39, 0.29) is 10.7 Å². The molecular weight excluding hydrogens is 253 g/mol. The summed E-state index contributed by atoms with van der Waals surface area (Å²) in [5.74, 6) is 0. The molecule has 0 aliphatic carbocycles. The summed E-state index contributed by atoms with van der Waals surface area (Å²) in [6.45, 7) is 6.11. The summed E-state index contributed by atoms with van der Waals surface area (Å²) in [4.78, 5) is 3.26. The average Bonchev–Trinajstić information content (AvgIpc) is 2.11. The molecule has 1 N–H and O–H groups in total. The van der Waals surface area contributed by atoms with E-state index in [9.17, 15) is 13.2 Å². The number of nitrogens with zero attached hydrogens (tertiary/aromatic N) is 1. The third-order valence-corrected chi connectivity index (χ3v) is 2.16. The first-order valence-electron chi connectivity index (χ1n) is 5.06. The largest absolute Gasteiger partial charge is 0.433 e. The molecule has 17 heavy (non-hydrogen) atoms. The Morgan fingerprint density at radius 3 is 2.29 bits per heavy atom. The molecular formula is C11H14ClF3N2. The second-order valence-corrected chi connectivity index (χ2v) is 5.17. The molecule has 0 amide bonds. The van der Waals surface area contributed by atoms with Gasteiger partial charge >= 0.3 is 6.18 Å². The van der Waals surface area contributed by atoms with Crippen molar-refractivity contribution in [2.45, 2.75) is 39.0 Å². The van der Waals surface area contributed by atoms with Crippen LogP contribution in [0.2, 0.25) is 5.15 Å². The van der Waals surface area contributed by atoms with E-state index in [0.717, 1.165) is 6.07 Å². The first-order chi connectivity index (χ1) is 7.58. The summed E-state index contributed by atoms with van der Waals surface area (Å²) in [5.41, 5.74) is -0.670. The molecule has 0 aliphatic heterocycles. The van der Waals surface area contributed by atoms with Gasteiger partial charge in [0, 0.05) is 12.1 Å². The molecule has 0 fully saturated rings. The molecule has 1 aromatic rings. The van der Waals surface area contributed by atoms with E-state index in [0.29, 0.717) is 12.1 Å². The van der Waals surface area contributed by atoms with Crippen molar-refractivity contribution in [3.63, 3.8) is 0 Å². The lowest BCUT2D eigenvalue weighted by molar-refractivity contribution is -0.141. The monoisotopic (exact) mass is 266 g/mol. The van der Waals surface area contributed by atoms with E-state index in [1.807, 2.05) is 20.8 Å². The van der Waals surface area contributed by atoms with Crippen LogP contribution in [-0.4, -0.2) is 10.5 Å². The highest BCUT2D eigenvalue weighted by molar-refractivity contribution is 6.29. The van der Waals surface area contributed by atoms with Crippen LogP contribution in [0.4, 0.5) is 13.2 Å². The number of nitrogens with one attached hydrogen (secondary N) is 1. The summed E-state index contributed by atoms with van der Waals surface area (Å²) in [5, 5.41) is 2.94. The van der Waals surface area contributed by atoms with Crippen molar-refractivity contribution < 1.29 is 13.2 Å². The summed E-state index contributed by atoms with van der Waals surface area (Å²) in [6.07, 6.45) is -4.47. The lowest BCUT2D eigenvalue weighted by Crippen LogP contribution is -2.35. The molecule has 0 saturated heterocycles. The zero-order valence-electron chi connectivity index (χ0n) is 9.82. The van der Waals surface area contributed by atoms with E-state index >= 15 is 0 Å². The third-order valence-electron chi connectivity index (χ3n) is 1.97. The Balaban J connectivity index is 2.91. The maximum absolute atomic E-state index is 12.5. The van der Waals surface area contributed by atoms with E-state index < -0.39 is 11.9 Å². The van der Waals surface area contributed by atoms with Gasteiger partial charge in [-0.1, -0.05) is 11.6 Å². The summed E-state index contributed by atoms with van der Waals surface area (Å²) >= 11 is 5.57. The zero-order valence-corrected chi connectivity index (χ0v) is 10.6. The smallest absolute Gasteiger partial charge is 0.308 e. The van der Waals surface area contributed by atoms with Gasteiger partial charge in [-0.2, -0.15) is 13.2 Å². The number of alkyl halides is 3. The molecule has 1 rings (SSSR count). The second kappa shape index (κ2) is 4.82. The molecule has 6 heteroatoms. The van der Waals surface area contributed by atoms with Crippen molar-refractivity contribution in [3.8, 4) is 0 Å². The summed E-state index contributed by atoms with van der Waals surface area (Å²) in [6, 6.07) is 2.43. The van der Waals surface area contributed by atoms with Gasteiger partial charge in [-0.25, -0.2) is 4.98 Å². The fraction of sp³-hybridized carbons (Fsp3) is 0.545. The zero-order chi connectivity index (χ0) is 13.3. The molecule has 0 atom stereocenters. The molecule has 0 unspecified atom stereocenters. The number of halogens is 4. The van der Waals surface area contributed by atoms with Crippen LogP contribution in [0.5, 0.6) is 0 Å². The van der Waals surface area contributed by atoms with Gasteiger partial charge in [-0.15, -0.1) is 0 Å². The van der Waals surface area contributed by atoms with E-state index in [4.69, 9.17) is 11.6 Å². The molecule has 1 aromatic heterocycles. The van der Waals surface area contributed by atoms with Gasteiger partial charge in [0.1, 0.15) is 10.8 Å². The fourth-order valence-corrected chi connectivity index (χ4v) is 1.40. The minimum absolute atomic E-state index is 0.148. The predicted molar refractivity (Wildman–Crippen MR) is 60.8 cm³/mol. The van der Waals surface area contributed by atoms with Crippen LogP contribution in [0.15, 0.2) is 12.1 Å².